The summed E-state index contributed by atoms with van der Waals surface area (Å²) in [6.45, 7) is 0.864. The number of aromatic nitrogens is 2. The van der Waals surface area contributed by atoms with Crippen LogP contribution in [0.3, 0.4) is 0 Å². The number of hydrogen-bond donors (Lipinski definition) is 1. The number of benzene rings is 1. The van der Waals surface area contributed by atoms with Crippen molar-refractivity contribution in [1.29, 1.82) is 0 Å². The van der Waals surface area contributed by atoms with Gasteiger partial charge < -0.3 is 9.80 Å². The lowest BCUT2D eigenvalue weighted by Crippen LogP contribution is -2.50. The lowest BCUT2D eigenvalue weighted by atomic mass is 9.95. The summed E-state index contributed by atoms with van der Waals surface area (Å²) in [5, 5.41) is 7.55. The molecule has 1 aromatic carbocycles. The molecule has 0 bridgehead atoms. The number of nitrogens with zero attached hydrogens (tertiary/aromatic N) is 3. The van der Waals surface area contributed by atoms with Crippen LogP contribution in [0, 0.1) is 5.82 Å². The van der Waals surface area contributed by atoms with Gasteiger partial charge in [-0.2, -0.15) is 5.10 Å². The maximum atomic E-state index is 14.4. The van der Waals surface area contributed by atoms with E-state index in [0.29, 0.717) is 24.2 Å². The summed E-state index contributed by atoms with van der Waals surface area (Å²) in [5.74, 6) is -0.245. The fourth-order valence-corrected chi connectivity index (χ4v) is 5.75. The zero-order chi connectivity index (χ0) is 22.1. The van der Waals surface area contributed by atoms with E-state index in [0.717, 1.165) is 62.6 Å². The van der Waals surface area contributed by atoms with E-state index >= 15 is 0 Å². The number of carbonyl (C=O) groups excluding carboxylic acids is 2. The molecule has 0 spiro atoms. The second-order valence-corrected chi connectivity index (χ2v) is 9.37. The third kappa shape index (κ3) is 3.93. The van der Waals surface area contributed by atoms with Crippen LogP contribution in [-0.4, -0.2) is 50.4 Å². The van der Waals surface area contributed by atoms with E-state index in [2.05, 4.69) is 10.2 Å². The number of hydrogen-bond acceptors (Lipinski definition) is 3. The van der Waals surface area contributed by atoms with Crippen molar-refractivity contribution in [2.24, 2.45) is 0 Å². The first kappa shape index (κ1) is 21.2. The maximum absolute atomic E-state index is 14.4. The molecule has 2 aromatic rings. The summed E-state index contributed by atoms with van der Waals surface area (Å²) >= 11 is 0. The second kappa shape index (κ2) is 9.04. The SMILES string of the molecule is O=C(c1n[nH]c2c1CCCCC2)N1CC[C@H]2[C@H]1CCCCC(=O)N2Cc1ccccc1F. The molecule has 1 aliphatic carbocycles. The van der Waals surface area contributed by atoms with Crippen molar-refractivity contribution in [2.75, 3.05) is 6.54 Å². The van der Waals surface area contributed by atoms with Gasteiger partial charge >= 0.3 is 0 Å². The van der Waals surface area contributed by atoms with Gasteiger partial charge in [0.1, 0.15) is 5.82 Å². The zero-order valence-electron chi connectivity index (χ0n) is 18.5. The molecule has 6 nitrogen and oxygen atoms in total. The molecule has 7 heteroatoms. The van der Waals surface area contributed by atoms with E-state index < -0.39 is 0 Å². The number of amides is 2. The van der Waals surface area contributed by atoms with Crippen LogP contribution in [-0.2, 0) is 24.2 Å². The van der Waals surface area contributed by atoms with Crippen LogP contribution in [0.1, 0.15) is 78.7 Å². The number of likely N-dealkylation sites (tertiary alicyclic amines) is 2. The van der Waals surface area contributed by atoms with Gasteiger partial charge in [-0.1, -0.05) is 31.0 Å². The summed E-state index contributed by atoms with van der Waals surface area (Å²) in [5.41, 5.74) is 3.29. The van der Waals surface area contributed by atoms with Gasteiger partial charge in [0, 0.05) is 36.3 Å². The van der Waals surface area contributed by atoms with Gasteiger partial charge in [-0.25, -0.2) is 4.39 Å². The zero-order valence-corrected chi connectivity index (χ0v) is 18.5. The van der Waals surface area contributed by atoms with Crippen molar-refractivity contribution in [2.45, 2.75) is 82.8 Å². The van der Waals surface area contributed by atoms with Crippen LogP contribution in [0.25, 0.3) is 0 Å². The molecule has 32 heavy (non-hydrogen) atoms. The summed E-state index contributed by atoms with van der Waals surface area (Å²) in [6.07, 6.45) is 9.04. The minimum Gasteiger partial charge on any atom is -0.333 e. The van der Waals surface area contributed by atoms with E-state index in [1.54, 1.807) is 18.2 Å². The van der Waals surface area contributed by atoms with E-state index in [4.69, 9.17) is 0 Å². The number of rotatable bonds is 3. The van der Waals surface area contributed by atoms with Crippen molar-refractivity contribution in [1.82, 2.24) is 20.0 Å². The molecule has 2 aliphatic heterocycles. The lowest BCUT2D eigenvalue weighted by molar-refractivity contribution is -0.135. The quantitative estimate of drug-likeness (QED) is 0.737. The van der Waals surface area contributed by atoms with E-state index in [1.165, 1.54) is 12.5 Å². The molecule has 3 heterocycles. The van der Waals surface area contributed by atoms with Gasteiger partial charge in [-0.05, 0) is 51.0 Å². The normalized spacial score (nSPS) is 23.8. The second-order valence-electron chi connectivity index (χ2n) is 9.37. The summed E-state index contributed by atoms with van der Waals surface area (Å²) in [4.78, 5) is 30.4. The molecule has 2 amide bonds. The average molecular weight is 439 g/mol. The fourth-order valence-electron chi connectivity index (χ4n) is 5.75. The highest BCUT2D eigenvalue weighted by atomic mass is 19.1. The monoisotopic (exact) mass is 438 g/mol. The molecule has 0 saturated carbocycles. The lowest BCUT2D eigenvalue weighted by Gasteiger charge is -2.37. The minimum atomic E-state index is -0.288. The van der Waals surface area contributed by atoms with Crippen molar-refractivity contribution in [3.05, 3.63) is 52.6 Å². The van der Waals surface area contributed by atoms with Crippen LogP contribution >= 0.6 is 0 Å². The first-order chi connectivity index (χ1) is 15.6. The van der Waals surface area contributed by atoms with Gasteiger partial charge in [0.05, 0.1) is 12.1 Å². The molecule has 3 aliphatic rings. The summed E-state index contributed by atoms with van der Waals surface area (Å²) in [7, 11) is 0. The Bertz CT molecular complexity index is 1000. The number of carbonyl (C=O) groups is 2. The Morgan fingerprint density at radius 1 is 1.03 bits per heavy atom. The number of halogens is 1. The fraction of sp³-hybridized carbons (Fsp3) is 0.560. The first-order valence-electron chi connectivity index (χ1n) is 12.0. The molecule has 1 N–H and O–H groups in total. The number of H-pyrrole nitrogens is 1. The van der Waals surface area contributed by atoms with E-state index in [-0.39, 0.29) is 36.3 Å². The topological polar surface area (TPSA) is 69.3 Å². The Balaban J connectivity index is 1.41. The average Bonchev–Trinajstić information content (AvgIpc) is 3.31. The van der Waals surface area contributed by atoms with Crippen molar-refractivity contribution in [3.8, 4) is 0 Å². The van der Waals surface area contributed by atoms with Gasteiger partial charge in [0.25, 0.3) is 5.91 Å². The molecular weight excluding hydrogens is 407 g/mol. The number of aromatic amines is 1. The minimum absolute atomic E-state index is 0.0178. The van der Waals surface area contributed by atoms with Gasteiger partial charge in [0.2, 0.25) is 5.91 Å². The third-order valence-corrected chi connectivity index (χ3v) is 7.44. The van der Waals surface area contributed by atoms with E-state index in [9.17, 15) is 14.0 Å². The molecule has 2 fully saturated rings. The molecule has 2 atom stereocenters. The Morgan fingerprint density at radius 3 is 2.72 bits per heavy atom. The van der Waals surface area contributed by atoms with E-state index in [1.807, 2.05) is 9.80 Å². The molecule has 1 aromatic heterocycles. The van der Waals surface area contributed by atoms with Crippen LogP contribution in [0.15, 0.2) is 24.3 Å². The molecule has 0 radical (unpaired) electrons. The van der Waals surface area contributed by atoms with Gasteiger partial charge in [-0.15, -0.1) is 0 Å². The number of nitrogens with one attached hydrogen (secondary N) is 1. The predicted molar refractivity (Wildman–Crippen MR) is 118 cm³/mol. The molecule has 5 rings (SSSR count). The van der Waals surface area contributed by atoms with Crippen LogP contribution < -0.4 is 0 Å². The highest BCUT2D eigenvalue weighted by molar-refractivity contribution is 5.94. The third-order valence-electron chi connectivity index (χ3n) is 7.44. The largest absolute Gasteiger partial charge is 0.333 e. The van der Waals surface area contributed by atoms with Crippen molar-refractivity contribution >= 4 is 11.8 Å². The highest BCUT2D eigenvalue weighted by Crippen LogP contribution is 2.33. The highest BCUT2D eigenvalue weighted by Gasteiger charge is 2.43. The first-order valence-corrected chi connectivity index (χ1v) is 12.0. The molecule has 170 valence electrons. The molecule has 0 unspecified atom stereocenters. The smallest absolute Gasteiger partial charge is 0.274 e. The van der Waals surface area contributed by atoms with Gasteiger partial charge in [0.15, 0.2) is 5.69 Å². The number of aryl methyl sites for hydroxylation is 1. The molecular formula is C25H31FN4O2. The van der Waals surface area contributed by atoms with Crippen molar-refractivity contribution in [3.63, 3.8) is 0 Å². The Hall–Kier alpha value is -2.70. The van der Waals surface area contributed by atoms with Crippen LogP contribution in [0.5, 0.6) is 0 Å². The van der Waals surface area contributed by atoms with Gasteiger partial charge in [-0.3, -0.25) is 14.7 Å². The van der Waals surface area contributed by atoms with Crippen LogP contribution in [0.2, 0.25) is 0 Å². The Kier molecular flexibility index (Phi) is 5.98. The Labute approximate surface area is 188 Å². The number of fused-ring (bicyclic) bond motifs is 2. The van der Waals surface area contributed by atoms with Crippen LogP contribution in [0.4, 0.5) is 4.39 Å². The summed E-state index contributed by atoms with van der Waals surface area (Å²) in [6, 6.07) is 6.53. The predicted octanol–water partition coefficient (Wildman–Crippen LogP) is 4.00. The van der Waals surface area contributed by atoms with Crippen molar-refractivity contribution < 1.29 is 14.0 Å². The Morgan fingerprint density at radius 2 is 1.84 bits per heavy atom. The maximum Gasteiger partial charge on any atom is 0.274 e. The summed E-state index contributed by atoms with van der Waals surface area (Å²) < 4.78 is 14.4. The standard InChI is InChI=1S/C25H31FN4O2/c26-19-10-5-4-8-17(19)16-30-22-14-15-29(21(22)12-6-7-13-23(30)31)25(32)24-18-9-2-1-3-11-20(18)27-28-24/h4-5,8,10,21-22H,1-3,6-7,9,11-16H2,(H,27,28)/t21-,22+/m1/s1. The molecule has 2 saturated heterocycles.